The number of nitrogens with one attached hydrogen (secondary N) is 1. The monoisotopic (exact) mass is 261 g/mol. The molecule has 1 N–H and O–H groups in total. The molecule has 1 heteroatoms. The molecule has 108 valence electrons. The van der Waals surface area contributed by atoms with Crippen molar-refractivity contribution in [2.75, 3.05) is 6.54 Å². The van der Waals surface area contributed by atoms with Crippen molar-refractivity contribution in [1.82, 2.24) is 5.32 Å². The van der Waals surface area contributed by atoms with E-state index in [0.717, 1.165) is 6.54 Å². The van der Waals surface area contributed by atoms with E-state index in [9.17, 15) is 0 Å². The van der Waals surface area contributed by atoms with Crippen LogP contribution in [0.25, 0.3) is 0 Å². The highest BCUT2D eigenvalue weighted by molar-refractivity contribution is 5.24. The van der Waals surface area contributed by atoms with E-state index >= 15 is 0 Å². The largest absolute Gasteiger partial charge is 0.310 e. The van der Waals surface area contributed by atoms with Gasteiger partial charge < -0.3 is 5.32 Å². The second-order valence-corrected chi connectivity index (χ2v) is 6.92. The second kappa shape index (κ2) is 7.09. The summed E-state index contributed by atoms with van der Waals surface area (Å²) < 4.78 is 0. The third-order valence-corrected chi connectivity index (χ3v) is 4.19. The van der Waals surface area contributed by atoms with Gasteiger partial charge in [0.1, 0.15) is 0 Å². The predicted molar refractivity (Wildman–Crippen MR) is 85.4 cm³/mol. The SMILES string of the molecule is CCCNC(CC(C)C(C)(C)C)c1ccc(C)cc1. The average Bonchev–Trinajstić information content (AvgIpc) is 2.34. The molecule has 0 fully saturated rings. The normalized spacial score (nSPS) is 15.3. The molecule has 1 rings (SSSR count). The van der Waals surface area contributed by atoms with Crippen LogP contribution in [-0.2, 0) is 0 Å². The van der Waals surface area contributed by atoms with Gasteiger partial charge in [-0.25, -0.2) is 0 Å². The Bertz CT molecular complexity index is 358. The molecule has 0 saturated carbocycles. The smallest absolute Gasteiger partial charge is 0.0322 e. The molecular formula is C18H31N. The zero-order valence-corrected chi connectivity index (χ0v) is 13.6. The van der Waals surface area contributed by atoms with E-state index in [1.807, 2.05) is 0 Å². The van der Waals surface area contributed by atoms with Crippen molar-refractivity contribution in [2.24, 2.45) is 11.3 Å². The molecule has 0 aliphatic carbocycles. The van der Waals surface area contributed by atoms with E-state index in [2.05, 4.69) is 71.1 Å². The first kappa shape index (κ1) is 16.2. The lowest BCUT2D eigenvalue weighted by Crippen LogP contribution is -2.28. The average molecular weight is 261 g/mol. The van der Waals surface area contributed by atoms with Crippen molar-refractivity contribution >= 4 is 0 Å². The Morgan fingerprint density at radius 3 is 2.16 bits per heavy atom. The van der Waals surface area contributed by atoms with Crippen LogP contribution in [0.3, 0.4) is 0 Å². The standard InChI is InChI=1S/C18H31N/c1-7-12-19-17(13-15(3)18(4,5)6)16-10-8-14(2)9-11-16/h8-11,15,17,19H,7,12-13H2,1-6H3. The van der Waals surface area contributed by atoms with Gasteiger partial charge in [-0.3, -0.25) is 0 Å². The van der Waals surface area contributed by atoms with E-state index in [4.69, 9.17) is 0 Å². The van der Waals surface area contributed by atoms with Gasteiger partial charge in [-0.05, 0) is 43.2 Å². The molecule has 0 spiro atoms. The second-order valence-electron chi connectivity index (χ2n) is 6.92. The van der Waals surface area contributed by atoms with E-state index < -0.39 is 0 Å². The zero-order valence-electron chi connectivity index (χ0n) is 13.6. The van der Waals surface area contributed by atoms with Crippen LogP contribution in [0.4, 0.5) is 0 Å². The third kappa shape index (κ3) is 5.36. The predicted octanol–water partition coefficient (Wildman–Crippen LogP) is 5.11. The molecule has 0 aliphatic rings. The van der Waals surface area contributed by atoms with Gasteiger partial charge in [-0.1, -0.05) is 64.4 Å². The van der Waals surface area contributed by atoms with Gasteiger partial charge in [0, 0.05) is 6.04 Å². The van der Waals surface area contributed by atoms with Crippen LogP contribution in [-0.4, -0.2) is 6.54 Å². The van der Waals surface area contributed by atoms with Gasteiger partial charge in [0.15, 0.2) is 0 Å². The minimum absolute atomic E-state index is 0.372. The summed E-state index contributed by atoms with van der Waals surface area (Å²) in [5.74, 6) is 0.697. The van der Waals surface area contributed by atoms with Crippen molar-refractivity contribution in [3.63, 3.8) is 0 Å². The third-order valence-electron chi connectivity index (χ3n) is 4.19. The van der Waals surface area contributed by atoms with E-state index in [-0.39, 0.29) is 0 Å². The van der Waals surface area contributed by atoms with Gasteiger partial charge >= 0.3 is 0 Å². The van der Waals surface area contributed by atoms with Crippen LogP contribution in [0.2, 0.25) is 0 Å². The Morgan fingerprint density at radius 2 is 1.68 bits per heavy atom. The molecule has 1 aromatic carbocycles. The fraction of sp³-hybridized carbons (Fsp3) is 0.667. The topological polar surface area (TPSA) is 12.0 Å². The first-order chi connectivity index (χ1) is 8.84. The Balaban J connectivity index is 2.79. The summed E-state index contributed by atoms with van der Waals surface area (Å²) in [4.78, 5) is 0. The molecule has 2 atom stereocenters. The molecule has 0 bridgehead atoms. The molecule has 19 heavy (non-hydrogen) atoms. The van der Waals surface area contributed by atoms with Crippen LogP contribution in [0.15, 0.2) is 24.3 Å². The molecular weight excluding hydrogens is 230 g/mol. The van der Waals surface area contributed by atoms with Crippen molar-refractivity contribution in [1.29, 1.82) is 0 Å². The summed E-state index contributed by atoms with van der Waals surface area (Å²) in [5.41, 5.74) is 3.13. The maximum atomic E-state index is 3.71. The van der Waals surface area contributed by atoms with Gasteiger partial charge in [0.05, 0.1) is 0 Å². The number of rotatable bonds is 6. The molecule has 0 saturated heterocycles. The van der Waals surface area contributed by atoms with E-state index in [1.165, 1.54) is 24.0 Å². The summed E-state index contributed by atoms with van der Waals surface area (Å²) in [6.45, 7) is 14.9. The van der Waals surface area contributed by atoms with Gasteiger partial charge in [0.25, 0.3) is 0 Å². The Labute approximate surface area is 119 Å². The highest BCUT2D eigenvalue weighted by Gasteiger charge is 2.24. The lowest BCUT2D eigenvalue weighted by molar-refractivity contribution is 0.223. The molecule has 0 radical (unpaired) electrons. The molecule has 1 nitrogen and oxygen atoms in total. The lowest BCUT2D eigenvalue weighted by atomic mass is 9.77. The minimum atomic E-state index is 0.372. The Hall–Kier alpha value is -0.820. The molecule has 0 aromatic heterocycles. The van der Waals surface area contributed by atoms with Gasteiger partial charge in [-0.2, -0.15) is 0 Å². The van der Waals surface area contributed by atoms with Gasteiger partial charge in [0.2, 0.25) is 0 Å². The summed E-state index contributed by atoms with van der Waals surface area (Å²) in [6, 6.07) is 9.47. The molecule has 0 aliphatic heterocycles. The summed E-state index contributed by atoms with van der Waals surface area (Å²) >= 11 is 0. The lowest BCUT2D eigenvalue weighted by Gasteiger charge is -2.31. The van der Waals surface area contributed by atoms with Crippen LogP contribution in [0.1, 0.15) is 64.6 Å². The maximum absolute atomic E-state index is 3.71. The fourth-order valence-electron chi connectivity index (χ4n) is 2.16. The minimum Gasteiger partial charge on any atom is -0.310 e. The Morgan fingerprint density at radius 1 is 1.11 bits per heavy atom. The number of hydrogen-bond donors (Lipinski definition) is 1. The van der Waals surface area contributed by atoms with Crippen molar-refractivity contribution in [3.05, 3.63) is 35.4 Å². The highest BCUT2D eigenvalue weighted by atomic mass is 14.9. The van der Waals surface area contributed by atoms with E-state index in [0.29, 0.717) is 17.4 Å². The number of aryl methyl sites for hydroxylation is 1. The highest BCUT2D eigenvalue weighted by Crippen LogP contribution is 2.33. The van der Waals surface area contributed by atoms with Gasteiger partial charge in [-0.15, -0.1) is 0 Å². The van der Waals surface area contributed by atoms with Crippen molar-refractivity contribution in [3.8, 4) is 0 Å². The van der Waals surface area contributed by atoms with Crippen molar-refractivity contribution < 1.29 is 0 Å². The first-order valence-electron chi connectivity index (χ1n) is 7.64. The zero-order chi connectivity index (χ0) is 14.5. The quantitative estimate of drug-likeness (QED) is 0.750. The molecule has 0 amide bonds. The fourth-order valence-corrected chi connectivity index (χ4v) is 2.16. The molecule has 2 unspecified atom stereocenters. The maximum Gasteiger partial charge on any atom is 0.0322 e. The molecule has 0 heterocycles. The summed E-state index contributed by atoms with van der Waals surface area (Å²) in [6.07, 6.45) is 2.39. The Kier molecular flexibility index (Phi) is 6.06. The molecule has 1 aromatic rings. The summed E-state index contributed by atoms with van der Waals surface area (Å²) in [5, 5.41) is 3.71. The number of hydrogen-bond acceptors (Lipinski definition) is 1. The van der Waals surface area contributed by atoms with Crippen LogP contribution in [0.5, 0.6) is 0 Å². The van der Waals surface area contributed by atoms with Crippen LogP contribution >= 0.6 is 0 Å². The number of benzene rings is 1. The first-order valence-corrected chi connectivity index (χ1v) is 7.64. The summed E-state index contributed by atoms with van der Waals surface area (Å²) in [7, 11) is 0. The van der Waals surface area contributed by atoms with Crippen LogP contribution < -0.4 is 5.32 Å². The van der Waals surface area contributed by atoms with Crippen LogP contribution in [0, 0.1) is 18.3 Å². The van der Waals surface area contributed by atoms with E-state index in [1.54, 1.807) is 0 Å². The van der Waals surface area contributed by atoms with Crippen molar-refractivity contribution in [2.45, 2.75) is 60.4 Å².